The highest BCUT2D eigenvalue weighted by Crippen LogP contribution is 1.98. The number of rotatable bonds is 13. The minimum Gasteiger partial charge on any atom is -0.382 e. The lowest BCUT2D eigenvalue weighted by Gasteiger charge is -2.08. The van der Waals surface area contributed by atoms with Crippen LogP contribution in [0.5, 0.6) is 0 Å². The summed E-state index contributed by atoms with van der Waals surface area (Å²) in [6.45, 7) is 10.2. The van der Waals surface area contributed by atoms with E-state index < -0.39 is 0 Å². The second kappa shape index (κ2) is 13.9. The van der Waals surface area contributed by atoms with Crippen molar-refractivity contribution in [3.63, 3.8) is 0 Å². The van der Waals surface area contributed by atoms with Gasteiger partial charge in [-0.2, -0.15) is 0 Å². The maximum atomic E-state index is 5.49. The second-order valence-electron chi connectivity index (χ2n) is 4.50. The van der Waals surface area contributed by atoms with Crippen LogP contribution in [0.25, 0.3) is 0 Å². The van der Waals surface area contributed by atoms with Gasteiger partial charge in [0.05, 0.1) is 19.8 Å². The van der Waals surface area contributed by atoms with E-state index in [2.05, 4.69) is 19.2 Å². The molecule has 0 atom stereocenters. The molecule has 0 saturated carbocycles. The van der Waals surface area contributed by atoms with Crippen LogP contribution in [0.4, 0.5) is 0 Å². The molecule has 0 heterocycles. The third kappa shape index (κ3) is 15.8. The lowest BCUT2D eigenvalue weighted by Crippen LogP contribution is -2.22. The van der Waals surface area contributed by atoms with Crippen molar-refractivity contribution in [1.29, 1.82) is 0 Å². The third-order valence-electron chi connectivity index (χ3n) is 2.34. The van der Waals surface area contributed by atoms with Crippen molar-refractivity contribution in [1.82, 2.24) is 5.32 Å². The Balaban J connectivity index is 2.89. The lowest BCUT2D eigenvalue weighted by atomic mass is 10.1. The van der Waals surface area contributed by atoms with Gasteiger partial charge in [0, 0.05) is 26.9 Å². The fourth-order valence-corrected chi connectivity index (χ4v) is 1.23. The van der Waals surface area contributed by atoms with Gasteiger partial charge in [-0.25, -0.2) is 0 Å². The summed E-state index contributed by atoms with van der Waals surface area (Å²) in [5.74, 6) is 0.729. The van der Waals surface area contributed by atoms with E-state index in [4.69, 9.17) is 14.2 Å². The molecular weight excluding hydrogens is 218 g/mol. The van der Waals surface area contributed by atoms with E-state index in [1.165, 1.54) is 0 Å². The maximum absolute atomic E-state index is 5.49. The molecule has 4 nitrogen and oxygen atoms in total. The predicted octanol–water partition coefficient (Wildman–Crippen LogP) is 1.69. The van der Waals surface area contributed by atoms with Gasteiger partial charge in [-0.3, -0.25) is 0 Å². The molecule has 0 amide bonds. The summed E-state index contributed by atoms with van der Waals surface area (Å²) in [5, 5.41) is 3.33. The minimum atomic E-state index is 0.678. The van der Waals surface area contributed by atoms with E-state index in [-0.39, 0.29) is 0 Å². The smallest absolute Gasteiger partial charge is 0.0700 e. The van der Waals surface area contributed by atoms with Crippen molar-refractivity contribution in [2.45, 2.75) is 26.7 Å². The van der Waals surface area contributed by atoms with E-state index in [0.29, 0.717) is 13.2 Å². The summed E-state index contributed by atoms with van der Waals surface area (Å²) < 4.78 is 15.7. The zero-order valence-corrected chi connectivity index (χ0v) is 11.7. The van der Waals surface area contributed by atoms with Crippen molar-refractivity contribution in [2.75, 3.05) is 53.2 Å². The standard InChI is InChI=1S/C13H29NO3/c1-13(2)5-9-17-10-7-14-6-4-8-16-12-11-15-3/h13-14H,4-12H2,1-3H3. The van der Waals surface area contributed by atoms with Crippen LogP contribution in [0.15, 0.2) is 0 Å². The van der Waals surface area contributed by atoms with Crippen LogP contribution in [-0.4, -0.2) is 53.2 Å². The molecule has 0 aromatic heterocycles. The molecule has 104 valence electrons. The summed E-state index contributed by atoms with van der Waals surface area (Å²) >= 11 is 0. The Kier molecular flexibility index (Phi) is 13.8. The second-order valence-corrected chi connectivity index (χ2v) is 4.50. The van der Waals surface area contributed by atoms with Gasteiger partial charge < -0.3 is 19.5 Å². The Morgan fingerprint density at radius 2 is 1.65 bits per heavy atom. The number of hydrogen-bond donors (Lipinski definition) is 1. The fraction of sp³-hybridized carbons (Fsp3) is 1.00. The zero-order chi connectivity index (χ0) is 12.8. The summed E-state index contributed by atoms with van der Waals surface area (Å²) in [7, 11) is 1.68. The van der Waals surface area contributed by atoms with Crippen LogP contribution >= 0.6 is 0 Å². The largest absolute Gasteiger partial charge is 0.382 e. The number of hydrogen-bond acceptors (Lipinski definition) is 4. The van der Waals surface area contributed by atoms with Gasteiger partial charge >= 0.3 is 0 Å². The quantitative estimate of drug-likeness (QED) is 0.503. The van der Waals surface area contributed by atoms with E-state index >= 15 is 0 Å². The Hall–Kier alpha value is -0.160. The molecule has 0 aliphatic carbocycles. The van der Waals surface area contributed by atoms with Gasteiger partial charge in [0.15, 0.2) is 0 Å². The molecule has 17 heavy (non-hydrogen) atoms. The third-order valence-corrected chi connectivity index (χ3v) is 2.34. The minimum absolute atomic E-state index is 0.678. The van der Waals surface area contributed by atoms with Crippen LogP contribution in [0.3, 0.4) is 0 Å². The first-order valence-corrected chi connectivity index (χ1v) is 6.62. The van der Waals surface area contributed by atoms with E-state index in [9.17, 15) is 0 Å². The van der Waals surface area contributed by atoms with Crippen molar-refractivity contribution in [3.8, 4) is 0 Å². The number of methoxy groups -OCH3 is 1. The maximum Gasteiger partial charge on any atom is 0.0700 e. The first-order valence-electron chi connectivity index (χ1n) is 6.62. The van der Waals surface area contributed by atoms with Crippen LogP contribution in [0.2, 0.25) is 0 Å². The van der Waals surface area contributed by atoms with Gasteiger partial charge in [0.25, 0.3) is 0 Å². The molecule has 0 aromatic carbocycles. The van der Waals surface area contributed by atoms with Crippen molar-refractivity contribution in [3.05, 3.63) is 0 Å². The Morgan fingerprint density at radius 1 is 0.882 bits per heavy atom. The topological polar surface area (TPSA) is 39.7 Å². The highest BCUT2D eigenvalue weighted by molar-refractivity contribution is 4.48. The summed E-state index contributed by atoms with van der Waals surface area (Å²) in [6, 6.07) is 0. The van der Waals surface area contributed by atoms with Gasteiger partial charge in [0.2, 0.25) is 0 Å². The highest BCUT2D eigenvalue weighted by Gasteiger charge is 1.94. The van der Waals surface area contributed by atoms with Crippen molar-refractivity contribution in [2.24, 2.45) is 5.92 Å². The van der Waals surface area contributed by atoms with E-state index in [1.807, 2.05) is 0 Å². The van der Waals surface area contributed by atoms with Crippen LogP contribution < -0.4 is 5.32 Å². The molecule has 0 rings (SSSR count). The molecule has 0 fully saturated rings. The molecule has 4 heteroatoms. The molecule has 0 saturated heterocycles. The average Bonchev–Trinajstić information content (AvgIpc) is 2.30. The fourth-order valence-electron chi connectivity index (χ4n) is 1.23. The monoisotopic (exact) mass is 247 g/mol. The lowest BCUT2D eigenvalue weighted by molar-refractivity contribution is 0.0690. The highest BCUT2D eigenvalue weighted by atomic mass is 16.5. The van der Waals surface area contributed by atoms with Crippen molar-refractivity contribution >= 4 is 0 Å². The van der Waals surface area contributed by atoms with E-state index in [1.54, 1.807) is 7.11 Å². The van der Waals surface area contributed by atoms with Crippen LogP contribution in [0, 0.1) is 5.92 Å². The van der Waals surface area contributed by atoms with Gasteiger partial charge in [-0.15, -0.1) is 0 Å². The molecule has 0 spiro atoms. The first-order chi connectivity index (χ1) is 8.27. The number of ether oxygens (including phenoxy) is 3. The van der Waals surface area contributed by atoms with Crippen LogP contribution in [-0.2, 0) is 14.2 Å². The summed E-state index contributed by atoms with van der Waals surface area (Å²) in [5.41, 5.74) is 0. The normalized spacial score (nSPS) is 11.3. The molecule has 0 unspecified atom stereocenters. The number of nitrogens with one attached hydrogen (secondary N) is 1. The van der Waals surface area contributed by atoms with Crippen molar-refractivity contribution < 1.29 is 14.2 Å². The van der Waals surface area contributed by atoms with E-state index in [0.717, 1.165) is 51.7 Å². The first kappa shape index (κ1) is 16.8. The summed E-state index contributed by atoms with van der Waals surface area (Å²) in [4.78, 5) is 0. The average molecular weight is 247 g/mol. The molecule has 0 radical (unpaired) electrons. The van der Waals surface area contributed by atoms with Crippen LogP contribution in [0.1, 0.15) is 26.7 Å². The van der Waals surface area contributed by atoms with Gasteiger partial charge in [-0.05, 0) is 25.3 Å². The van der Waals surface area contributed by atoms with Gasteiger partial charge in [-0.1, -0.05) is 13.8 Å². The molecule has 0 aliphatic heterocycles. The Labute approximate surface area is 106 Å². The molecule has 0 aromatic rings. The summed E-state index contributed by atoms with van der Waals surface area (Å²) in [6.07, 6.45) is 2.18. The predicted molar refractivity (Wildman–Crippen MR) is 70.5 cm³/mol. The molecule has 0 bridgehead atoms. The Bertz CT molecular complexity index is 143. The SMILES string of the molecule is COCCOCCCNCCOCCC(C)C. The van der Waals surface area contributed by atoms with Gasteiger partial charge in [0.1, 0.15) is 0 Å². The molecule has 0 aliphatic rings. The Morgan fingerprint density at radius 3 is 2.35 bits per heavy atom. The molecular formula is C13H29NO3. The molecule has 1 N–H and O–H groups in total. The zero-order valence-electron chi connectivity index (χ0n) is 11.7.